The molecule has 1 aliphatic rings. The minimum atomic E-state index is -0.755. The number of thiazole rings is 1. The van der Waals surface area contributed by atoms with Crippen molar-refractivity contribution in [2.75, 3.05) is 32.8 Å². The summed E-state index contributed by atoms with van der Waals surface area (Å²) < 4.78 is 43.2. The highest BCUT2D eigenvalue weighted by atomic mass is 32.1. The number of aromatic nitrogens is 4. The molecule has 0 saturated carbocycles. The number of benzene rings is 2. The van der Waals surface area contributed by atoms with Crippen molar-refractivity contribution in [1.29, 1.82) is 5.26 Å². The van der Waals surface area contributed by atoms with Crippen LogP contribution in [0.15, 0.2) is 48.8 Å². The molecule has 14 heteroatoms. The van der Waals surface area contributed by atoms with E-state index in [2.05, 4.69) is 31.3 Å². The first kappa shape index (κ1) is 34.7. The maximum Gasteiger partial charge on any atom is 0.412 e. The van der Waals surface area contributed by atoms with Crippen molar-refractivity contribution in [2.45, 2.75) is 46.3 Å². The summed E-state index contributed by atoms with van der Waals surface area (Å²) in [5, 5.41) is 12.7. The Labute approximate surface area is 275 Å². The zero-order chi connectivity index (χ0) is 33.9. The Hall–Kier alpha value is -5.13. The Bertz CT molecular complexity index is 1860. The lowest BCUT2D eigenvalue weighted by Crippen LogP contribution is -2.44. The quantitative estimate of drug-likeness (QED) is 0.189. The molecule has 1 aliphatic heterocycles. The molecule has 0 spiro atoms. The molecular formula is C33H35FN6O6S. The normalized spacial score (nSPS) is 15.3. The van der Waals surface area contributed by atoms with E-state index in [0.717, 1.165) is 0 Å². The highest BCUT2D eigenvalue weighted by Gasteiger charge is 2.32. The maximum atomic E-state index is 15.3. The molecule has 1 saturated heterocycles. The second-order valence-corrected chi connectivity index (χ2v) is 10.4. The number of fused-ring (bicyclic) bond motifs is 2. The number of nitrogens with one attached hydrogen (secondary N) is 1. The summed E-state index contributed by atoms with van der Waals surface area (Å²) in [6.45, 7) is 8.45. The van der Waals surface area contributed by atoms with E-state index in [4.69, 9.17) is 23.7 Å². The van der Waals surface area contributed by atoms with E-state index in [-0.39, 0.29) is 12.4 Å². The number of carbonyl (C=O) groups excluding carboxylic acids is 1. The standard InChI is InChI=1S/C29H23FN6O6S.2C2H6/c1-38-25-4-3-16(12-32-25)34-29(37)42-21-5-6-40-14-23(21)41-22-10-24-19(9-18(22)30)36-28(43-24)17-7-15(11-31)8-20-27(17)33-13-26(35-20)39-2;2*1-2/h3-4,7-10,12-13,21,23H,5-6,14H2,1-2H3,(H,34,37);2*1-2H3. The molecule has 1 fully saturated rings. The highest BCUT2D eigenvalue weighted by molar-refractivity contribution is 7.21. The van der Waals surface area contributed by atoms with Gasteiger partial charge in [0.05, 0.1) is 78.4 Å². The van der Waals surface area contributed by atoms with Crippen LogP contribution in [0.3, 0.4) is 0 Å². The van der Waals surface area contributed by atoms with Crippen molar-refractivity contribution < 1.29 is 32.9 Å². The molecule has 5 aromatic rings. The summed E-state index contributed by atoms with van der Waals surface area (Å²) in [4.78, 5) is 30.1. The van der Waals surface area contributed by atoms with E-state index >= 15 is 4.39 Å². The van der Waals surface area contributed by atoms with Gasteiger partial charge in [-0.3, -0.25) is 5.32 Å². The Morgan fingerprint density at radius 3 is 2.49 bits per heavy atom. The van der Waals surface area contributed by atoms with Crippen LogP contribution < -0.4 is 19.5 Å². The van der Waals surface area contributed by atoms with Gasteiger partial charge in [-0.2, -0.15) is 5.26 Å². The smallest absolute Gasteiger partial charge is 0.412 e. The SMILES string of the molecule is CC.CC.COc1ccc(NC(=O)OC2CCOCC2Oc2cc3sc(-c4cc(C#N)cc5nc(OC)cnc45)nc3cc2F)cn1. The molecule has 4 heterocycles. The molecule has 47 heavy (non-hydrogen) atoms. The summed E-state index contributed by atoms with van der Waals surface area (Å²) in [5.41, 5.74) is 2.78. The number of methoxy groups -OCH3 is 2. The molecule has 3 aromatic heterocycles. The van der Waals surface area contributed by atoms with E-state index in [0.29, 0.717) is 67.9 Å². The Morgan fingerprint density at radius 1 is 1.00 bits per heavy atom. The van der Waals surface area contributed by atoms with Crippen LogP contribution >= 0.6 is 11.3 Å². The van der Waals surface area contributed by atoms with Crippen molar-refractivity contribution in [3.8, 4) is 34.1 Å². The highest BCUT2D eigenvalue weighted by Crippen LogP contribution is 2.37. The lowest BCUT2D eigenvalue weighted by Gasteiger charge is -2.31. The summed E-state index contributed by atoms with van der Waals surface area (Å²) in [5.74, 6) is 0.0439. The van der Waals surface area contributed by atoms with Gasteiger partial charge in [0.25, 0.3) is 0 Å². The monoisotopic (exact) mass is 662 g/mol. The predicted octanol–water partition coefficient (Wildman–Crippen LogP) is 7.17. The minimum absolute atomic E-state index is 0.0354. The summed E-state index contributed by atoms with van der Waals surface area (Å²) in [7, 11) is 2.97. The average Bonchev–Trinajstić information content (AvgIpc) is 3.52. The molecule has 0 radical (unpaired) electrons. The van der Waals surface area contributed by atoms with Gasteiger partial charge in [0, 0.05) is 30.2 Å². The molecule has 1 amide bonds. The molecule has 1 N–H and O–H groups in total. The predicted molar refractivity (Wildman–Crippen MR) is 177 cm³/mol. The van der Waals surface area contributed by atoms with Gasteiger partial charge in [-0.25, -0.2) is 29.1 Å². The molecule has 2 atom stereocenters. The number of hydrogen-bond donors (Lipinski definition) is 1. The molecule has 2 unspecified atom stereocenters. The van der Waals surface area contributed by atoms with Gasteiger partial charge in [0.2, 0.25) is 11.8 Å². The van der Waals surface area contributed by atoms with Crippen molar-refractivity contribution >= 4 is 44.4 Å². The first-order valence-corrected chi connectivity index (χ1v) is 15.8. The van der Waals surface area contributed by atoms with Gasteiger partial charge in [-0.1, -0.05) is 27.7 Å². The maximum absolute atomic E-state index is 15.3. The third-order valence-electron chi connectivity index (χ3n) is 6.61. The van der Waals surface area contributed by atoms with E-state index in [1.165, 1.54) is 44.0 Å². The minimum Gasteiger partial charge on any atom is -0.481 e. The summed E-state index contributed by atoms with van der Waals surface area (Å²) >= 11 is 1.29. The van der Waals surface area contributed by atoms with E-state index in [9.17, 15) is 10.1 Å². The van der Waals surface area contributed by atoms with Crippen LogP contribution in [0, 0.1) is 17.1 Å². The van der Waals surface area contributed by atoms with Crippen LogP contribution in [-0.4, -0.2) is 65.7 Å². The number of hydrogen-bond acceptors (Lipinski definition) is 12. The number of anilines is 1. The Balaban J connectivity index is 0.00000120. The van der Waals surface area contributed by atoms with Gasteiger partial charge in [0.1, 0.15) is 11.1 Å². The molecular weight excluding hydrogens is 627 g/mol. The third-order valence-corrected chi connectivity index (χ3v) is 7.66. The second kappa shape index (κ2) is 16.4. The van der Waals surface area contributed by atoms with Gasteiger partial charge < -0.3 is 23.7 Å². The number of halogens is 1. The fourth-order valence-electron chi connectivity index (χ4n) is 4.53. The number of amides is 1. The van der Waals surface area contributed by atoms with Crippen LogP contribution in [-0.2, 0) is 9.47 Å². The average molecular weight is 663 g/mol. The largest absolute Gasteiger partial charge is 0.481 e. The van der Waals surface area contributed by atoms with Crippen molar-refractivity contribution in [1.82, 2.24) is 19.9 Å². The first-order valence-electron chi connectivity index (χ1n) is 15.0. The molecule has 2 aromatic carbocycles. The fourth-order valence-corrected chi connectivity index (χ4v) is 5.52. The summed E-state index contributed by atoms with van der Waals surface area (Å²) in [6.07, 6.45) is 1.13. The zero-order valence-electron chi connectivity index (χ0n) is 26.9. The zero-order valence-corrected chi connectivity index (χ0v) is 27.7. The Morgan fingerprint density at radius 2 is 1.79 bits per heavy atom. The van der Waals surface area contributed by atoms with Crippen LogP contribution in [0.2, 0.25) is 0 Å². The van der Waals surface area contributed by atoms with E-state index in [1.54, 1.807) is 30.3 Å². The third kappa shape index (κ3) is 8.18. The number of nitriles is 1. The number of rotatable bonds is 7. The van der Waals surface area contributed by atoms with E-state index in [1.807, 2.05) is 27.7 Å². The van der Waals surface area contributed by atoms with Gasteiger partial charge in [-0.15, -0.1) is 11.3 Å². The van der Waals surface area contributed by atoms with Gasteiger partial charge in [-0.05, 0) is 18.2 Å². The first-order chi connectivity index (χ1) is 22.9. The lowest BCUT2D eigenvalue weighted by molar-refractivity contribution is -0.0763. The molecule has 0 bridgehead atoms. The number of pyridine rings is 1. The molecule has 12 nitrogen and oxygen atoms in total. The fraction of sp³-hybridized carbons (Fsp3) is 0.333. The molecule has 6 rings (SSSR count). The van der Waals surface area contributed by atoms with Crippen molar-refractivity contribution in [3.63, 3.8) is 0 Å². The van der Waals surface area contributed by atoms with Crippen LogP contribution in [0.4, 0.5) is 14.9 Å². The molecule has 246 valence electrons. The van der Waals surface area contributed by atoms with Crippen molar-refractivity contribution in [2.24, 2.45) is 0 Å². The second-order valence-electron chi connectivity index (χ2n) is 9.36. The van der Waals surface area contributed by atoms with Crippen LogP contribution in [0.1, 0.15) is 39.7 Å². The van der Waals surface area contributed by atoms with E-state index < -0.39 is 24.1 Å². The topological polar surface area (TPSA) is 151 Å². The van der Waals surface area contributed by atoms with Gasteiger partial charge >= 0.3 is 6.09 Å². The Kier molecular flexibility index (Phi) is 12.1. The number of ether oxygens (including phenoxy) is 5. The number of nitrogens with zero attached hydrogens (tertiary/aromatic N) is 5. The van der Waals surface area contributed by atoms with Crippen LogP contribution in [0.5, 0.6) is 17.5 Å². The summed E-state index contributed by atoms with van der Waals surface area (Å²) in [6, 6.07) is 11.5. The number of carbonyl (C=O) groups is 1. The molecule has 0 aliphatic carbocycles. The van der Waals surface area contributed by atoms with Crippen molar-refractivity contribution in [3.05, 3.63) is 60.2 Å². The van der Waals surface area contributed by atoms with Crippen LogP contribution in [0.25, 0.3) is 31.8 Å². The van der Waals surface area contributed by atoms with Gasteiger partial charge in [0.15, 0.2) is 17.7 Å². The lowest BCUT2D eigenvalue weighted by atomic mass is 10.1.